The van der Waals surface area contributed by atoms with E-state index in [1.54, 1.807) is 0 Å². The zero-order valence-electron chi connectivity index (χ0n) is 9.08. The van der Waals surface area contributed by atoms with Gasteiger partial charge in [0.15, 0.2) is 0 Å². The largest absolute Gasteiger partial charge is 0.493 e. The highest BCUT2D eigenvalue weighted by Gasteiger charge is 2.06. The average molecular weight is 228 g/mol. The standard InChI is InChI=1S/C12H18ClNO/c1-2-3-10(8-14)9-15-12-6-4-11(13)5-7-12/h4-7,10H,2-3,8-9,14H2,1H3. The van der Waals surface area contributed by atoms with Crippen molar-refractivity contribution in [3.8, 4) is 5.75 Å². The molecule has 1 unspecified atom stereocenters. The Balaban J connectivity index is 2.38. The third-order valence-electron chi connectivity index (χ3n) is 2.33. The SMILES string of the molecule is CCCC(CN)COc1ccc(Cl)cc1. The zero-order valence-corrected chi connectivity index (χ0v) is 9.83. The second-order valence-corrected chi connectivity index (χ2v) is 4.09. The monoisotopic (exact) mass is 227 g/mol. The zero-order chi connectivity index (χ0) is 11.1. The van der Waals surface area contributed by atoms with Crippen LogP contribution in [0.4, 0.5) is 0 Å². The molecule has 15 heavy (non-hydrogen) atoms. The van der Waals surface area contributed by atoms with Crippen molar-refractivity contribution in [2.24, 2.45) is 11.7 Å². The summed E-state index contributed by atoms with van der Waals surface area (Å²) in [6.07, 6.45) is 2.26. The lowest BCUT2D eigenvalue weighted by atomic mass is 10.1. The summed E-state index contributed by atoms with van der Waals surface area (Å²) in [7, 11) is 0. The summed E-state index contributed by atoms with van der Waals surface area (Å²) in [5.41, 5.74) is 5.65. The molecule has 0 saturated carbocycles. The fraction of sp³-hybridized carbons (Fsp3) is 0.500. The fourth-order valence-electron chi connectivity index (χ4n) is 1.42. The minimum absolute atomic E-state index is 0.450. The van der Waals surface area contributed by atoms with Crippen LogP contribution in [0.2, 0.25) is 5.02 Å². The predicted octanol–water partition coefficient (Wildman–Crippen LogP) is 3.09. The fourth-order valence-corrected chi connectivity index (χ4v) is 1.55. The van der Waals surface area contributed by atoms with Crippen molar-refractivity contribution in [3.63, 3.8) is 0 Å². The lowest BCUT2D eigenvalue weighted by molar-refractivity contribution is 0.243. The van der Waals surface area contributed by atoms with Gasteiger partial charge in [-0.1, -0.05) is 24.9 Å². The number of hydrogen-bond acceptors (Lipinski definition) is 2. The Labute approximate surface area is 96.4 Å². The summed E-state index contributed by atoms with van der Waals surface area (Å²) < 4.78 is 5.63. The molecule has 0 aliphatic carbocycles. The third kappa shape index (κ3) is 4.54. The number of nitrogens with two attached hydrogens (primary N) is 1. The smallest absolute Gasteiger partial charge is 0.119 e. The van der Waals surface area contributed by atoms with Gasteiger partial charge < -0.3 is 10.5 Å². The van der Waals surface area contributed by atoms with Crippen molar-refractivity contribution in [3.05, 3.63) is 29.3 Å². The topological polar surface area (TPSA) is 35.2 Å². The van der Waals surface area contributed by atoms with Crippen LogP contribution in [0.1, 0.15) is 19.8 Å². The summed E-state index contributed by atoms with van der Waals surface area (Å²) in [5.74, 6) is 1.31. The molecule has 0 heterocycles. The molecular weight excluding hydrogens is 210 g/mol. The molecule has 0 aliphatic rings. The highest BCUT2D eigenvalue weighted by molar-refractivity contribution is 6.30. The van der Waals surface area contributed by atoms with Crippen LogP contribution in [-0.4, -0.2) is 13.2 Å². The minimum Gasteiger partial charge on any atom is -0.493 e. The number of halogens is 1. The third-order valence-corrected chi connectivity index (χ3v) is 2.58. The first kappa shape index (κ1) is 12.3. The van der Waals surface area contributed by atoms with Gasteiger partial charge in [-0.05, 0) is 37.2 Å². The Morgan fingerprint density at radius 2 is 2.00 bits per heavy atom. The summed E-state index contributed by atoms with van der Waals surface area (Å²) in [6.45, 7) is 3.53. The lowest BCUT2D eigenvalue weighted by Crippen LogP contribution is -2.21. The molecule has 2 N–H and O–H groups in total. The van der Waals surface area contributed by atoms with Gasteiger partial charge in [0.1, 0.15) is 5.75 Å². The number of benzene rings is 1. The quantitative estimate of drug-likeness (QED) is 0.811. The second kappa shape index (κ2) is 6.70. The molecule has 1 atom stereocenters. The van der Waals surface area contributed by atoms with E-state index in [9.17, 15) is 0 Å². The molecule has 84 valence electrons. The van der Waals surface area contributed by atoms with Crippen LogP contribution < -0.4 is 10.5 Å². The Bertz CT molecular complexity index is 273. The van der Waals surface area contributed by atoms with Crippen molar-refractivity contribution < 1.29 is 4.74 Å². The van der Waals surface area contributed by atoms with Crippen molar-refractivity contribution in [2.45, 2.75) is 19.8 Å². The van der Waals surface area contributed by atoms with Crippen LogP contribution in [0.15, 0.2) is 24.3 Å². The van der Waals surface area contributed by atoms with Gasteiger partial charge in [0.05, 0.1) is 6.61 Å². The van der Waals surface area contributed by atoms with Gasteiger partial charge in [-0.3, -0.25) is 0 Å². The normalized spacial score (nSPS) is 12.5. The van der Waals surface area contributed by atoms with Gasteiger partial charge >= 0.3 is 0 Å². The molecule has 0 saturated heterocycles. The van der Waals surface area contributed by atoms with Crippen molar-refractivity contribution in [1.29, 1.82) is 0 Å². The van der Waals surface area contributed by atoms with E-state index < -0.39 is 0 Å². The average Bonchev–Trinajstić information content (AvgIpc) is 2.26. The molecule has 1 aromatic rings. The van der Waals surface area contributed by atoms with Crippen LogP contribution in [0.3, 0.4) is 0 Å². The number of hydrogen-bond donors (Lipinski definition) is 1. The van der Waals surface area contributed by atoms with E-state index in [1.165, 1.54) is 0 Å². The molecule has 0 radical (unpaired) electrons. The molecule has 0 fully saturated rings. The first-order chi connectivity index (χ1) is 7.26. The van der Waals surface area contributed by atoms with Gasteiger partial charge in [-0.25, -0.2) is 0 Å². The molecule has 0 spiro atoms. The molecule has 3 heteroatoms. The van der Waals surface area contributed by atoms with Crippen molar-refractivity contribution in [1.82, 2.24) is 0 Å². The van der Waals surface area contributed by atoms with E-state index in [2.05, 4.69) is 6.92 Å². The van der Waals surface area contributed by atoms with E-state index in [0.717, 1.165) is 23.6 Å². The van der Waals surface area contributed by atoms with Crippen LogP contribution in [-0.2, 0) is 0 Å². The Hall–Kier alpha value is -0.730. The van der Waals surface area contributed by atoms with Gasteiger partial charge in [0, 0.05) is 10.9 Å². The Morgan fingerprint density at radius 1 is 1.33 bits per heavy atom. The highest BCUT2D eigenvalue weighted by Crippen LogP contribution is 2.16. The van der Waals surface area contributed by atoms with Crippen molar-refractivity contribution in [2.75, 3.05) is 13.2 Å². The molecule has 2 nitrogen and oxygen atoms in total. The summed E-state index contributed by atoms with van der Waals surface area (Å²) in [4.78, 5) is 0. The summed E-state index contributed by atoms with van der Waals surface area (Å²) in [5, 5.41) is 0.728. The lowest BCUT2D eigenvalue weighted by Gasteiger charge is -2.14. The molecule has 1 rings (SSSR count). The highest BCUT2D eigenvalue weighted by atomic mass is 35.5. The first-order valence-corrected chi connectivity index (χ1v) is 5.72. The Kier molecular flexibility index (Phi) is 5.51. The van der Waals surface area contributed by atoms with Crippen LogP contribution >= 0.6 is 11.6 Å². The van der Waals surface area contributed by atoms with E-state index in [4.69, 9.17) is 22.1 Å². The van der Waals surface area contributed by atoms with E-state index in [-0.39, 0.29) is 0 Å². The minimum atomic E-state index is 0.450. The number of ether oxygens (including phenoxy) is 1. The molecule has 1 aromatic carbocycles. The van der Waals surface area contributed by atoms with E-state index >= 15 is 0 Å². The molecule has 0 aromatic heterocycles. The van der Waals surface area contributed by atoms with E-state index in [0.29, 0.717) is 19.1 Å². The maximum Gasteiger partial charge on any atom is 0.119 e. The van der Waals surface area contributed by atoms with Gasteiger partial charge in [-0.15, -0.1) is 0 Å². The summed E-state index contributed by atoms with van der Waals surface area (Å²) in [6, 6.07) is 7.41. The van der Waals surface area contributed by atoms with Crippen LogP contribution in [0.25, 0.3) is 0 Å². The second-order valence-electron chi connectivity index (χ2n) is 3.66. The molecule has 0 amide bonds. The van der Waals surface area contributed by atoms with Gasteiger partial charge in [-0.2, -0.15) is 0 Å². The van der Waals surface area contributed by atoms with Crippen LogP contribution in [0.5, 0.6) is 5.75 Å². The van der Waals surface area contributed by atoms with Gasteiger partial charge in [0.2, 0.25) is 0 Å². The number of rotatable bonds is 6. The molecule has 0 aliphatic heterocycles. The molecular formula is C12H18ClNO. The maximum absolute atomic E-state index is 5.78. The maximum atomic E-state index is 5.78. The molecule has 0 bridgehead atoms. The summed E-state index contributed by atoms with van der Waals surface area (Å²) >= 11 is 5.78. The van der Waals surface area contributed by atoms with Crippen LogP contribution in [0, 0.1) is 5.92 Å². The van der Waals surface area contributed by atoms with Gasteiger partial charge in [0.25, 0.3) is 0 Å². The predicted molar refractivity (Wildman–Crippen MR) is 64.4 cm³/mol. The Morgan fingerprint density at radius 3 is 2.53 bits per heavy atom. The first-order valence-electron chi connectivity index (χ1n) is 5.34. The van der Waals surface area contributed by atoms with E-state index in [1.807, 2.05) is 24.3 Å². The van der Waals surface area contributed by atoms with Crippen molar-refractivity contribution >= 4 is 11.6 Å².